The largest absolute Gasteiger partial charge is 0.497 e. The van der Waals surface area contributed by atoms with Crippen molar-refractivity contribution in [1.82, 2.24) is 0 Å². The average Bonchev–Trinajstić information content (AvgIpc) is 3.46. The van der Waals surface area contributed by atoms with Crippen LogP contribution >= 0.6 is 23.5 Å². The van der Waals surface area contributed by atoms with E-state index in [9.17, 15) is 9.59 Å². The molecule has 34 heavy (non-hydrogen) atoms. The predicted octanol–water partition coefficient (Wildman–Crippen LogP) is 5.26. The molecule has 0 radical (unpaired) electrons. The molecule has 2 atom stereocenters. The van der Waals surface area contributed by atoms with Crippen LogP contribution in [0.2, 0.25) is 0 Å². The smallest absolute Gasteiger partial charge is 0.238 e. The molecule has 3 aromatic carbocycles. The second kappa shape index (κ2) is 9.64. The van der Waals surface area contributed by atoms with Gasteiger partial charge in [-0.05, 0) is 59.7 Å². The van der Waals surface area contributed by atoms with Crippen LogP contribution in [0.25, 0.3) is 0 Å². The molecule has 2 amide bonds. The lowest BCUT2D eigenvalue weighted by Gasteiger charge is -2.27. The first kappa shape index (κ1) is 22.7. The third-order valence-electron chi connectivity index (χ3n) is 5.94. The first-order valence-corrected chi connectivity index (χ1v) is 12.9. The number of rotatable bonds is 6. The predicted molar refractivity (Wildman–Crippen MR) is 138 cm³/mol. The first-order valence-electron chi connectivity index (χ1n) is 10.8. The number of ether oxygens (including phenoxy) is 2. The summed E-state index contributed by atoms with van der Waals surface area (Å²) in [6, 6.07) is 23.3. The van der Waals surface area contributed by atoms with Gasteiger partial charge in [-0.2, -0.15) is 0 Å². The highest BCUT2D eigenvalue weighted by Crippen LogP contribution is 2.45. The Morgan fingerprint density at radius 2 is 0.971 bits per heavy atom. The number of hydrogen-bond acceptors (Lipinski definition) is 6. The molecule has 0 aliphatic carbocycles. The molecule has 0 bridgehead atoms. The molecule has 0 saturated carbocycles. The highest BCUT2D eigenvalue weighted by atomic mass is 32.2. The van der Waals surface area contributed by atoms with Crippen molar-refractivity contribution in [2.75, 3.05) is 35.5 Å². The van der Waals surface area contributed by atoms with Crippen molar-refractivity contribution in [2.24, 2.45) is 0 Å². The van der Waals surface area contributed by atoms with Crippen LogP contribution in [-0.2, 0) is 9.59 Å². The van der Waals surface area contributed by atoms with Crippen molar-refractivity contribution in [3.8, 4) is 11.5 Å². The van der Waals surface area contributed by atoms with E-state index in [0.717, 1.165) is 34.0 Å². The Kier molecular flexibility index (Phi) is 6.43. The number of nitrogens with zero attached hydrogens (tertiary/aromatic N) is 2. The van der Waals surface area contributed by atoms with Crippen LogP contribution < -0.4 is 19.3 Å². The standard InChI is InChI=1S/C26H24N2O4S2/c1-31-21-11-3-17(4-12-21)25-27(23(29)15-33-25)19-7-9-20(10-8-19)28-24(30)16-34-26(28)18-5-13-22(32-2)14-6-18/h3-14,25-26H,15-16H2,1-2H3/t25-,26-/m1/s1. The van der Waals surface area contributed by atoms with E-state index >= 15 is 0 Å². The van der Waals surface area contributed by atoms with Gasteiger partial charge < -0.3 is 9.47 Å². The molecule has 2 aliphatic heterocycles. The summed E-state index contributed by atoms with van der Waals surface area (Å²) in [5.41, 5.74) is 3.73. The Labute approximate surface area is 207 Å². The van der Waals surface area contributed by atoms with E-state index < -0.39 is 0 Å². The molecule has 3 aromatic rings. The van der Waals surface area contributed by atoms with Gasteiger partial charge in [0.15, 0.2) is 0 Å². The van der Waals surface area contributed by atoms with E-state index in [1.54, 1.807) is 37.7 Å². The molecule has 0 spiro atoms. The fourth-order valence-electron chi connectivity index (χ4n) is 4.21. The maximum absolute atomic E-state index is 12.8. The molecule has 0 unspecified atom stereocenters. The summed E-state index contributed by atoms with van der Waals surface area (Å²) in [6.07, 6.45) is 0. The highest BCUT2D eigenvalue weighted by molar-refractivity contribution is 8.01. The fraction of sp³-hybridized carbons (Fsp3) is 0.231. The number of thioether (sulfide) groups is 2. The Bertz CT molecular complexity index is 1090. The van der Waals surface area contributed by atoms with E-state index in [2.05, 4.69) is 0 Å². The van der Waals surface area contributed by atoms with Gasteiger partial charge >= 0.3 is 0 Å². The van der Waals surface area contributed by atoms with Crippen molar-refractivity contribution >= 4 is 46.7 Å². The van der Waals surface area contributed by atoms with Crippen LogP contribution in [0.15, 0.2) is 72.8 Å². The average molecular weight is 493 g/mol. The second-order valence-corrected chi connectivity index (χ2v) is 10.1. The SMILES string of the molecule is COc1ccc([C@H]2SCC(=O)N2c2ccc(N3C(=O)CS[C@@H]3c3ccc(OC)cc3)cc2)cc1. The molecule has 2 saturated heterocycles. The number of carbonyl (C=O) groups is 2. The molecule has 2 fully saturated rings. The first-order chi connectivity index (χ1) is 16.6. The van der Waals surface area contributed by atoms with E-state index in [-0.39, 0.29) is 22.6 Å². The van der Waals surface area contributed by atoms with E-state index in [4.69, 9.17) is 9.47 Å². The lowest BCUT2D eigenvalue weighted by molar-refractivity contribution is -0.116. The zero-order valence-electron chi connectivity index (χ0n) is 18.8. The van der Waals surface area contributed by atoms with Gasteiger partial charge in [0, 0.05) is 11.4 Å². The van der Waals surface area contributed by atoms with E-state index in [0.29, 0.717) is 11.5 Å². The summed E-state index contributed by atoms with van der Waals surface area (Å²) < 4.78 is 10.5. The van der Waals surface area contributed by atoms with Crippen LogP contribution in [0.5, 0.6) is 11.5 Å². The topological polar surface area (TPSA) is 59.1 Å². The molecule has 2 aliphatic rings. The number of carbonyl (C=O) groups excluding carboxylic acids is 2. The third-order valence-corrected chi connectivity index (χ3v) is 8.37. The van der Waals surface area contributed by atoms with Gasteiger partial charge in [-0.25, -0.2) is 0 Å². The normalized spacial score (nSPS) is 20.2. The van der Waals surface area contributed by atoms with Crippen LogP contribution in [0, 0.1) is 0 Å². The van der Waals surface area contributed by atoms with Crippen molar-refractivity contribution in [3.63, 3.8) is 0 Å². The van der Waals surface area contributed by atoms with Gasteiger partial charge in [0.05, 0.1) is 25.7 Å². The van der Waals surface area contributed by atoms with Crippen LogP contribution in [0.4, 0.5) is 11.4 Å². The maximum Gasteiger partial charge on any atom is 0.238 e. The van der Waals surface area contributed by atoms with Gasteiger partial charge in [0.25, 0.3) is 0 Å². The van der Waals surface area contributed by atoms with E-state index in [1.807, 2.05) is 82.6 Å². The Morgan fingerprint density at radius 1 is 0.618 bits per heavy atom. The Balaban J connectivity index is 1.40. The van der Waals surface area contributed by atoms with Gasteiger partial charge in [-0.15, -0.1) is 23.5 Å². The van der Waals surface area contributed by atoms with Crippen molar-refractivity contribution in [1.29, 1.82) is 0 Å². The second-order valence-electron chi connectivity index (χ2n) is 7.92. The summed E-state index contributed by atoms with van der Waals surface area (Å²) in [5, 5.41) is -0.194. The zero-order chi connectivity index (χ0) is 23.7. The summed E-state index contributed by atoms with van der Waals surface area (Å²) in [5.74, 6) is 2.57. The van der Waals surface area contributed by atoms with Crippen molar-refractivity contribution in [2.45, 2.75) is 10.7 Å². The molecule has 0 aromatic heterocycles. The fourth-order valence-corrected chi connectivity index (χ4v) is 6.57. The molecular formula is C26H24N2O4S2. The number of anilines is 2. The van der Waals surface area contributed by atoms with Gasteiger partial charge in [-0.1, -0.05) is 24.3 Å². The zero-order valence-corrected chi connectivity index (χ0v) is 20.5. The molecule has 2 heterocycles. The third kappa shape index (κ3) is 4.23. The molecule has 174 valence electrons. The maximum atomic E-state index is 12.8. The van der Waals surface area contributed by atoms with Crippen molar-refractivity contribution in [3.05, 3.63) is 83.9 Å². The van der Waals surface area contributed by atoms with Crippen LogP contribution in [0.1, 0.15) is 21.9 Å². The number of hydrogen-bond donors (Lipinski definition) is 0. The van der Waals surface area contributed by atoms with Gasteiger partial charge in [0.1, 0.15) is 22.2 Å². The number of methoxy groups -OCH3 is 2. The number of benzene rings is 3. The molecule has 0 N–H and O–H groups in total. The van der Waals surface area contributed by atoms with Gasteiger partial charge in [0.2, 0.25) is 11.8 Å². The lowest BCUT2D eigenvalue weighted by atomic mass is 10.1. The van der Waals surface area contributed by atoms with Crippen molar-refractivity contribution < 1.29 is 19.1 Å². The van der Waals surface area contributed by atoms with E-state index in [1.165, 1.54) is 0 Å². The van der Waals surface area contributed by atoms with Crippen LogP contribution in [-0.4, -0.2) is 37.5 Å². The summed E-state index contributed by atoms with van der Waals surface area (Å²) in [7, 11) is 3.28. The summed E-state index contributed by atoms with van der Waals surface area (Å²) in [6.45, 7) is 0. The lowest BCUT2D eigenvalue weighted by Crippen LogP contribution is -2.29. The molecule has 6 nitrogen and oxygen atoms in total. The summed E-state index contributed by atoms with van der Waals surface area (Å²) in [4.78, 5) is 29.2. The quantitative estimate of drug-likeness (QED) is 0.468. The molecule has 5 rings (SSSR count). The van der Waals surface area contributed by atoms with Gasteiger partial charge in [-0.3, -0.25) is 19.4 Å². The molecular weight excluding hydrogens is 468 g/mol. The minimum atomic E-state index is -0.0970. The molecule has 8 heteroatoms. The Hall–Kier alpha value is -3.10. The minimum absolute atomic E-state index is 0.0717. The summed E-state index contributed by atoms with van der Waals surface area (Å²) >= 11 is 3.22. The highest BCUT2D eigenvalue weighted by Gasteiger charge is 2.36. The minimum Gasteiger partial charge on any atom is -0.497 e. The number of amides is 2. The van der Waals surface area contributed by atoms with Crippen LogP contribution in [0.3, 0.4) is 0 Å². The Morgan fingerprint density at radius 3 is 1.29 bits per heavy atom. The monoisotopic (exact) mass is 492 g/mol.